The molecule has 5 nitrogen and oxygen atoms in total. The fourth-order valence-corrected chi connectivity index (χ4v) is 2.01. The lowest BCUT2D eigenvalue weighted by atomic mass is 9.96. The van der Waals surface area contributed by atoms with Gasteiger partial charge >= 0.3 is 5.97 Å². The number of aliphatic hydroxyl groups excluding tert-OH is 1. The normalized spacial score (nSPS) is 19.4. The first kappa shape index (κ1) is 13.4. The number of aliphatic carboxylic acids is 1. The number of likely N-dealkylation sites (tertiary alicyclic amines) is 1. The summed E-state index contributed by atoms with van der Waals surface area (Å²) >= 11 is 0. The highest BCUT2D eigenvalue weighted by Gasteiger charge is 2.39. The lowest BCUT2D eigenvalue weighted by Gasteiger charge is -2.47. The maximum Gasteiger partial charge on any atom is 0.329 e. The van der Waals surface area contributed by atoms with Gasteiger partial charge in [0.05, 0.1) is 5.60 Å². The van der Waals surface area contributed by atoms with E-state index < -0.39 is 5.97 Å². The Hall–Kier alpha value is -0.650. The number of unbranched alkanes of at least 4 members (excludes halogenated alkanes) is 2. The summed E-state index contributed by atoms with van der Waals surface area (Å²) in [6.07, 6.45) is 2.98. The number of carboxylic acid groups (broad SMARTS) is 1. The van der Waals surface area contributed by atoms with Crippen LogP contribution in [0.15, 0.2) is 0 Å². The maximum absolute atomic E-state index is 10.3. The molecule has 1 aliphatic rings. The molecule has 0 saturated carbocycles. The van der Waals surface area contributed by atoms with E-state index in [1.807, 2.05) is 6.92 Å². The minimum absolute atomic E-state index is 0.213. The largest absolute Gasteiger partial charge is 0.480 e. The topological polar surface area (TPSA) is 70.0 Å². The van der Waals surface area contributed by atoms with E-state index in [1.54, 1.807) is 0 Å². The quantitative estimate of drug-likeness (QED) is 0.589. The molecule has 2 N–H and O–H groups in total. The molecule has 94 valence electrons. The molecule has 0 amide bonds. The fourth-order valence-electron chi connectivity index (χ4n) is 2.01. The van der Waals surface area contributed by atoms with Gasteiger partial charge in [0.2, 0.25) is 0 Å². The molecule has 1 rings (SSSR count). The highest BCUT2D eigenvalue weighted by molar-refractivity contribution is 5.68. The number of nitrogens with zero attached hydrogens (tertiary/aromatic N) is 1. The van der Waals surface area contributed by atoms with Crippen LogP contribution in [-0.2, 0) is 9.53 Å². The van der Waals surface area contributed by atoms with Crippen molar-refractivity contribution in [2.24, 2.45) is 0 Å². The Kier molecular flexibility index (Phi) is 5.18. The number of rotatable bonds is 8. The van der Waals surface area contributed by atoms with Crippen molar-refractivity contribution in [1.29, 1.82) is 0 Å². The standard InChI is InChI=1S/C11H21NO4/c1-11(16-7-10(14)15)8-12(9-11)5-3-2-4-6-13/h13H,2-9H2,1H3,(H,14,15). The predicted octanol–water partition coefficient (Wildman–Crippen LogP) is 0.324. The molecule has 1 heterocycles. The van der Waals surface area contributed by atoms with Crippen molar-refractivity contribution in [2.45, 2.75) is 31.8 Å². The van der Waals surface area contributed by atoms with Crippen LogP contribution < -0.4 is 0 Å². The molecular formula is C11H21NO4. The zero-order chi connectivity index (χ0) is 12.0. The van der Waals surface area contributed by atoms with E-state index >= 15 is 0 Å². The third-order valence-corrected chi connectivity index (χ3v) is 2.79. The van der Waals surface area contributed by atoms with Gasteiger partial charge in [0.25, 0.3) is 0 Å². The molecular weight excluding hydrogens is 210 g/mol. The van der Waals surface area contributed by atoms with E-state index in [0.717, 1.165) is 38.9 Å². The van der Waals surface area contributed by atoms with Crippen LogP contribution in [0, 0.1) is 0 Å². The monoisotopic (exact) mass is 231 g/mol. The van der Waals surface area contributed by atoms with Crippen LogP contribution in [0.2, 0.25) is 0 Å². The zero-order valence-corrected chi connectivity index (χ0v) is 9.81. The third-order valence-electron chi connectivity index (χ3n) is 2.79. The first-order valence-corrected chi connectivity index (χ1v) is 5.75. The second-order valence-corrected chi connectivity index (χ2v) is 4.63. The molecule has 0 aromatic heterocycles. The Morgan fingerprint density at radius 1 is 1.38 bits per heavy atom. The number of ether oxygens (including phenoxy) is 1. The van der Waals surface area contributed by atoms with Crippen LogP contribution in [0.5, 0.6) is 0 Å². The lowest BCUT2D eigenvalue weighted by Crippen LogP contribution is -2.61. The molecule has 0 radical (unpaired) electrons. The van der Waals surface area contributed by atoms with Gasteiger partial charge in [-0.1, -0.05) is 0 Å². The number of aliphatic hydroxyl groups is 1. The summed E-state index contributed by atoms with van der Waals surface area (Å²) < 4.78 is 5.30. The summed E-state index contributed by atoms with van der Waals surface area (Å²) in [6, 6.07) is 0. The molecule has 0 bridgehead atoms. The van der Waals surface area contributed by atoms with E-state index in [1.165, 1.54) is 0 Å². The molecule has 5 heteroatoms. The first-order chi connectivity index (χ1) is 7.56. The second-order valence-electron chi connectivity index (χ2n) is 4.63. The van der Waals surface area contributed by atoms with Crippen molar-refractivity contribution in [2.75, 3.05) is 32.8 Å². The fraction of sp³-hybridized carbons (Fsp3) is 0.909. The Bertz CT molecular complexity index is 226. The molecule has 0 atom stereocenters. The van der Waals surface area contributed by atoms with E-state index in [9.17, 15) is 4.79 Å². The number of hydrogen-bond acceptors (Lipinski definition) is 4. The van der Waals surface area contributed by atoms with Gasteiger partial charge < -0.3 is 14.9 Å². The van der Waals surface area contributed by atoms with Crippen molar-refractivity contribution in [1.82, 2.24) is 4.90 Å². The summed E-state index contributed by atoms with van der Waals surface area (Å²) in [5, 5.41) is 17.1. The average Bonchev–Trinajstić information content (AvgIpc) is 2.18. The van der Waals surface area contributed by atoms with Crippen molar-refractivity contribution in [3.05, 3.63) is 0 Å². The number of hydrogen-bond donors (Lipinski definition) is 2. The van der Waals surface area contributed by atoms with E-state index in [4.69, 9.17) is 14.9 Å². The van der Waals surface area contributed by atoms with Crippen molar-refractivity contribution >= 4 is 5.97 Å². The summed E-state index contributed by atoms with van der Waals surface area (Å²) in [7, 11) is 0. The van der Waals surface area contributed by atoms with Crippen LogP contribution in [0.25, 0.3) is 0 Å². The Labute approximate surface area is 96.0 Å². The van der Waals surface area contributed by atoms with Crippen LogP contribution in [0.4, 0.5) is 0 Å². The average molecular weight is 231 g/mol. The van der Waals surface area contributed by atoms with Gasteiger partial charge in [0.15, 0.2) is 0 Å². The van der Waals surface area contributed by atoms with Gasteiger partial charge in [-0.2, -0.15) is 0 Å². The van der Waals surface area contributed by atoms with Gasteiger partial charge in [-0.15, -0.1) is 0 Å². The number of carboxylic acids is 1. The van der Waals surface area contributed by atoms with Gasteiger partial charge in [-0.25, -0.2) is 4.79 Å². The highest BCUT2D eigenvalue weighted by atomic mass is 16.5. The van der Waals surface area contributed by atoms with Crippen LogP contribution >= 0.6 is 0 Å². The van der Waals surface area contributed by atoms with Crippen LogP contribution in [0.3, 0.4) is 0 Å². The molecule has 1 aliphatic heterocycles. The minimum Gasteiger partial charge on any atom is -0.480 e. The Morgan fingerprint density at radius 3 is 2.62 bits per heavy atom. The molecule has 0 unspecified atom stereocenters. The smallest absolute Gasteiger partial charge is 0.329 e. The van der Waals surface area contributed by atoms with Crippen molar-refractivity contribution in [3.63, 3.8) is 0 Å². The van der Waals surface area contributed by atoms with Gasteiger partial charge in [-0.05, 0) is 32.7 Å². The first-order valence-electron chi connectivity index (χ1n) is 5.75. The summed E-state index contributed by atoms with van der Waals surface area (Å²) in [5.74, 6) is -0.914. The Balaban J connectivity index is 2.04. The summed E-state index contributed by atoms with van der Waals surface area (Å²) in [6.45, 7) is 4.61. The molecule has 0 aromatic carbocycles. The molecule has 0 aromatic rings. The highest BCUT2D eigenvalue weighted by Crippen LogP contribution is 2.24. The Morgan fingerprint density at radius 2 is 2.06 bits per heavy atom. The van der Waals surface area contributed by atoms with Crippen LogP contribution in [0.1, 0.15) is 26.2 Å². The summed E-state index contributed by atoms with van der Waals surface area (Å²) in [4.78, 5) is 12.6. The molecule has 16 heavy (non-hydrogen) atoms. The minimum atomic E-state index is -0.914. The number of carbonyl (C=O) groups is 1. The van der Waals surface area contributed by atoms with Crippen LogP contribution in [-0.4, -0.2) is 59.5 Å². The van der Waals surface area contributed by atoms with Gasteiger partial charge in [-0.3, -0.25) is 4.90 Å². The third kappa shape index (κ3) is 4.47. The second kappa shape index (κ2) is 6.18. The van der Waals surface area contributed by atoms with Crippen molar-refractivity contribution < 1.29 is 19.7 Å². The molecule has 1 fully saturated rings. The molecule has 0 aliphatic carbocycles. The molecule has 1 saturated heterocycles. The zero-order valence-electron chi connectivity index (χ0n) is 9.81. The van der Waals surface area contributed by atoms with E-state index in [0.29, 0.717) is 0 Å². The van der Waals surface area contributed by atoms with E-state index in [-0.39, 0.29) is 18.8 Å². The summed E-state index contributed by atoms with van der Waals surface area (Å²) in [5.41, 5.74) is -0.282. The lowest BCUT2D eigenvalue weighted by molar-refractivity contribution is -0.164. The van der Waals surface area contributed by atoms with Gasteiger partial charge in [0.1, 0.15) is 6.61 Å². The van der Waals surface area contributed by atoms with Gasteiger partial charge in [0, 0.05) is 19.7 Å². The maximum atomic E-state index is 10.3. The van der Waals surface area contributed by atoms with E-state index in [2.05, 4.69) is 4.90 Å². The van der Waals surface area contributed by atoms with Crippen molar-refractivity contribution in [3.8, 4) is 0 Å². The predicted molar refractivity (Wildman–Crippen MR) is 59.4 cm³/mol. The molecule has 0 spiro atoms. The SMILES string of the molecule is CC1(OCC(=O)O)CN(CCCCCO)C1.